The molecule has 0 bridgehead atoms. The lowest BCUT2D eigenvalue weighted by Gasteiger charge is -2.24. The van der Waals surface area contributed by atoms with Crippen LogP contribution in [0.3, 0.4) is 0 Å². The third-order valence-electron chi connectivity index (χ3n) is 3.27. The van der Waals surface area contributed by atoms with Crippen LogP contribution in [0.2, 0.25) is 0 Å². The lowest BCUT2D eigenvalue weighted by molar-refractivity contribution is -0.123. The molecule has 0 aromatic heterocycles. The van der Waals surface area contributed by atoms with Gasteiger partial charge in [0.1, 0.15) is 5.76 Å². The molecule has 1 heterocycles. The van der Waals surface area contributed by atoms with E-state index in [0.717, 1.165) is 0 Å². The summed E-state index contributed by atoms with van der Waals surface area (Å²) in [5.74, 6) is 0.503. The lowest BCUT2D eigenvalue weighted by Crippen LogP contribution is -2.24. The zero-order valence-corrected chi connectivity index (χ0v) is 10.2. The highest BCUT2D eigenvalue weighted by Gasteiger charge is 2.46. The van der Waals surface area contributed by atoms with Gasteiger partial charge in [-0.3, -0.25) is 9.59 Å². The molecule has 2 aliphatic rings. The van der Waals surface area contributed by atoms with Crippen LogP contribution in [0.15, 0.2) is 35.6 Å². The van der Waals surface area contributed by atoms with Crippen LogP contribution in [-0.2, 0) is 14.3 Å². The van der Waals surface area contributed by atoms with Gasteiger partial charge in [0, 0.05) is 13.6 Å². The molecule has 0 aromatic rings. The number of carbonyl (C=O) groups excluding carboxylic acids is 2. The van der Waals surface area contributed by atoms with E-state index in [1.165, 1.54) is 12.2 Å². The molecule has 4 heteroatoms. The van der Waals surface area contributed by atoms with Crippen molar-refractivity contribution < 1.29 is 14.3 Å². The van der Waals surface area contributed by atoms with Crippen molar-refractivity contribution in [2.75, 3.05) is 20.7 Å². The summed E-state index contributed by atoms with van der Waals surface area (Å²) in [5.41, 5.74) is 0.0994. The van der Waals surface area contributed by atoms with E-state index in [-0.39, 0.29) is 11.7 Å². The maximum Gasteiger partial charge on any atom is 0.254 e. The average Bonchev–Trinajstić information content (AvgIpc) is 2.55. The first-order chi connectivity index (χ1) is 8.00. The second-order valence-electron chi connectivity index (χ2n) is 4.41. The van der Waals surface area contributed by atoms with Gasteiger partial charge in [0.05, 0.1) is 18.1 Å². The summed E-state index contributed by atoms with van der Waals surface area (Å²) in [6.45, 7) is 2.31. The Bertz CT molecular complexity index is 455. The highest BCUT2D eigenvalue weighted by molar-refractivity contribution is 6.04. The van der Waals surface area contributed by atoms with Crippen molar-refractivity contribution in [1.82, 2.24) is 4.90 Å². The molecule has 90 valence electrons. The van der Waals surface area contributed by atoms with Crippen LogP contribution in [0.1, 0.15) is 6.92 Å². The minimum absolute atomic E-state index is 0.0481. The molecular formula is C13H15NO3. The molecule has 1 aliphatic heterocycles. The number of likely N-dealkylation sites (N-methyl/N-ethyl adjacent to an activating group) is 1. The predicted octanol–water partition coefficient (Wildman–Crippen LogP) is 1.06. The number of ketones is 1. The molecule has 0 aromatic carbocycles. The molecule has 1 amide bonds. The first-order valence-electron chi connectivity index (χ1n) is 5.43. The Morgan fingerprint density at radius 1 is 1.35 bits per heavy atom. The van der Waals surface area contributed by atoms with Crippen molar-refractivity contribution in [2.24, 2.45) is 5.41 Å². The molecule has 1 aliphatic carbocycles. The van der Waals surface area contributed by atoms with Gasteiger partial charge in [0.25, 0.3) is 5.91 Å². The summed E-state index contributed by atoms with van der Waals surface area (Å²) in [6.07, 6.45) is 6.59. The molecular weight excluding hydrogens is 218 g/mol. The Balaban J connectivity index is 2.54. The van der Waals surface area contributed by atoms with Gasteiger partial charge in [-0.05, 0) is 19.1 Å². The monoisotopic (exact) mass is 233 g/mol. The quantitative estimate of drug-likeness (QED) is 0.502. The van der Waals surface area contributed by atoms with E-state index in [9.17, 15) is 9.59 Å². The summed E-state index contributed by atoms with van der Waals surface area (Å²) in [4.78, 5) is 24.9. The van der Waals surface area contributed by atoms with Gasteiger partial charge in [-0.25, -0.2) is 0 Å². The molecule has 17 heavy (non-hydrogen) atoms. The number of ether oxygens (including phenoxy) is 1. The van der Waals surface area contributed by atoms with Gasteiger partial charge in [-0.1, -0.05) is 12.2 Å². The maximum absolute atomic E-state index is 12.1. The molecule has 0 saturated carbocycles. The fraction of sp³-hybridized carbons (Fsp3) is 0.385. The van der Waals surface area contributed by atoms with Crippen molar-refractivity contribution in [1.29, 1.82) is 0 Å². The number of hydrogen-bond acceptors (Lipinski definition) is 3. The topological polar surface area (TPSA) is 46.6 Å². The van der Waals surface area contributed by atoms with Gasteiger partial charge < -0.3 is 9.64 Å². The Morgan fingerprint density at radius 3 is 2.47 bits per heavy atom. The number of allylic oxidation sites excluding steroid dienone is 3. The molecule has 1 saturated heterocycles. The van der Waals surface area contributed by atoms with Crippen LogP contribution < -0.4 is 0 Å². The van der Waals surface area contributed by atoms with Gasteiger partial charge in [-0.15, -0.1) is 0 Å². The lowest BCUT2D eigenvalue weighted by atomic mass is 9.78. The Hall–Kier alpha value is -1.84. The van der Waals surface area contributed by atoms with Crippen LogP contribution >= 0.6 is 0 Å². The highest BCUT2D eigenvalue weighted by atomic mass is 16.5. The van der Waals surface area contributed by atoms with Crippen molar-refractivity contribution >= 4 is 11.7 Å². The molecule has 0 N–H and O–H groups in total. The molecule has 0 unspecified atom stereocenters. The molecule has 0 atom stereocenters. The standard InChI is InChI=1S/C13H15NO3/c1-9(17-3)11-12(16)14(2)8-13(11)6-4-10(15)5-7-13/h4-7H,8H2,1-3H3/b11-9-. The average molecular weight is 233 g/mol. The normalized spacial score (nSPS) is 24.8. The number of amides is 1. The van der Waals surface area contributed by atoms with E-state index in [2.05, 4.69) is 0 Å². The molecule has 1 spiro atoms. The van der Waals surface area contributed by atoms with Crippen LogP contribution in [0.5, 0.6) is 0 Å². The third kappa shape index (κ3) is 1.69. The smallest absolute Gasteiger partial charge is 0.254 e. The Morgan fingerprint density at radius 2 is 1.94 bits per heavy atom. The summed E-state index contributed by atoms with van der Waals surface area (Å²) in [5, 5.41) is 0. The fourth-order valence-electron chi connectivity index (χ4n) is 2.36. The summed E-state index contributed by atoms with van der Waals surface area (Å²) < 4.78 is 5.19. The number of carbonyl (C=O) groups is 2. The van der Waals surface area contributed by atoms with Crippen molar-refractivity contribution in [2.45, 2.75) is 6.92 Å². The summed E-state index contributed by atoms with van der Waals surface area (Å²) in [6, 6.07) is 0. The Labute approximate surface area is 100 Å². The van der Waals surface area contributed by atoms with Crippen molar-refractivity contribution in [3.8, 4) is 0 Å². The van der Waals surface area contributed by atoms with Crippen LogP contribution in [0.4, 0.5) is 0 Å². The largest absolute Gasteiger partial charge is 0.501 e. The van der Waals surface area contributed by atoms with E-state index in [0.29, 0.717) is 17.9 Å². The predicted molar refractivity (Wildman–Crippen MR) is 63.1 cm³/mol. The number of nitrogens with zero attached hydrogens (tertiary/aromatic N) is 1. The zero-order valence-electron chi connectivity index (χ0n) is 10.2. The first kappa shape index (κ1) is 11.6. The van der Waals surface area contributed by atoms with Gasteiger partial charge in [0.2, 0.25) is 0 Å². The fourth-order valence-corrected chi connectivity index (χ4v) is 2.36. The second-order valence-corrected chi connectivity index (χ2v) is 4.41. The van der Waals surface area contributed by atoms with E-state index >= 15 is 0 Å². The zero-order chi connectivity index (χ0) is 12.6. The van der Waals surface area contributed by atoms with E-state index in [1.54, 1.807) is 38.1 Å². The number of likely N-dealkylation sites (tertiary alicyclic amines) is 1. The van der Waals surface area contributed by atoms with Gasteiger partial charge >= 0.3 is 0 Å². The highest BCUT2D eigenvalue weighted by Crippen LogP contribution is 2.42. The van der Waals surface area contributed by atoms with E-state index < -0.39 is 5.41 Å². The first-order valence-corrected chi connectivity index (χ1v) is 5.43. The molecule has 1 fully saturated rings. The van der Waals surface area contributed by atoms with Crippen LogP contribution in [0.25, 0.3) is 0 Å². The summed E-state index contributed by atoms with van der Waals surface area (Å²) >= 11 is 0. The SMILES string of the molecule is CO/C(C)=C1/C(=O)N(C)CC12C=CC(=O)C=C2. The molecule has 4 nitrogen and oxygen atoms in total. The van der Waals surface area contributed by atoms with E-state index in [1.807, 2.05) is 0 Å². The third-order valence-corrected chi connectivity index (χ3v) is 3.27. The van der Waals surface area contributed by atoms with E-state index in [4.69, 9.17) is 4.74 Å². The minimum atomic E-state index is -0.514. The summed E-state index contributed by atoms with van der Waals surface area (Å²) in [7, 11) is 3.29. The second kappa shape index (κ2) is 3.87. The van der Waals surface area contributed by atoms with Crippen LogP contribution in [0, 0.1) is 5.41 Å². The van der Waals surface area contributed by atoms with Gasteiger partial charge in [0.15, 0.2) is 5.78 Å². The number of hydrogen-bond donors (Lipinski definition) is 0. The Kier molecular flexibility index (Phi) is 2.65. The maximum atomic E-state index is 12.1. The van der Waals surface area contributed by atoms with Crippen molar-refractivity contribution in [3.63, 3.8) is 0 Å². The molecule has 0 radical (unpaired) electrons. The number of methoxy groups -OCH3 is 1. The van der Waals surface area contributed by atoms with Gasteiger partial charge in [-0.2, -0.15) is 0 Å². The minimum Gasteiger partial charge on any atom is -0.501 e. The van der Waals surface area contributed by atoms with Crippen LogP contribution in [-0.4, -0.2) is 37.3 Å². The number of rotatable bonds is 1. The molecule has 2 rings (SSSR count). The van der Waals surface area contributed by atoms with Crippen molar-refractivity contribution in [3.05, 3.63) is 35.6 Å².